The first kappa shape index (κ1) is 17.3. The summed E-state index contributed by atoms with van der Waals surface area (Å²) < 4.78 is 4.93. The molecule has 0 spiro atoms. The number of aryl methyl sites for hydroxylation is 1. The summed E-state index contributed by atoms with van der Waals surface area (Å²) in [4.78, 5) is 39.7. The highest BCUT2D eigenvalue weighted by Crippen LogP contribution is 2.25. The van der Waals surface area contributed by atoms with Crippen LogP contribution in [0.4, 0.5) is 0 Å². The van der Waals surface area contributed by atoms with Crippen LogP contribution in [0.25, 0.3) is 0 Å². The fourth-order valence-electron chi connectivity index (χ4n) is 2.58. The van der Waals surface area contributed by atoms with E-state index >= 15 is 0 Å². The van der Waals surface area contributed by atoms with E-state index in [1.54, 1.807) is 17.0 Å². The van der Waals surface area contributed by atoms with Gasteiger partial charge in [-0.25, -0.2) is 0 Å². The van der Waals surface area contributed by atoms with E-state index in [2.05, 4.69) is 0 Å². The van der Waals surface area contributed by atoms with Crippen molar-refractivity contribution in [3.8, 4) is 6.07 Å². The SMILES string of the molecule is COCCN1C[C@@H](C(=O)[C@@H](C#N)C(=O)c2ccc(C)s2)CC1=O. The van der Waals surface area contributed by atoms with E-state index in [1.165, 1.54) is 18.4 Å². The van der Waals surface area contributed by atoms with Crippen molar-refractivity contribution in [1.29, 1.82) is 5.26 Å². The zero-order chi connectivity index (χ0) is 17.0. The average Bonchev–Trinajstić information content (AvgIpc) is 3.12. The molecule has 0 bridgehead atoms. The Kier molecular flexibility index (Phi) is 5.64. The molecule has 6 nitrogen and oxygen atoms in total. The number of amides is 1. The largest absolute Gasteiger partial charge is 0.383 e. The highest BCUT2D eigenvalue weighted by molar-refractivity contribution is 7.14. The summed E-state index contributed by atoms with van der Waals surface area (Å²) in [6.45, 7) is 2.90. The van der Waals surface area contributed by atoms with Gasteiger partial charge in [-0.15, -0.1) is 11.3 Å². The van der Waals surface area contributed by atoms with Gasteiger partial charge in [-0.1, -0.05) is 0 Å². The minimum absolute atomic E-state index is 0.0531. The van der Waals surface area contributed by atoms with E-state index in [0.717, 1.165) is 4.88 Å². The molecule has 1 aliphatic rings. The highest BCUT2D eigenvalue weighted by atomic mass is 32.1. The van der Waals surface area contributed by atoms with Crippen molar-refractivity contribution in [3.05, 3.63) is 21.9 Å². The van der Waals surface area contributed by atoms with Crippen molar-refractivity contribution in [2.24, 2.45) is 11.8 Å². The molecule has 0 aliphatic carbocycles. The van der Waals surface area contributed by atoms with Crippen molar-refractivity contribution in [1.82, 2.24) is 4.90 Å². The zero-order valence-electron chi connectivity index (χ0n) is 13.1. The second-order valence-corrected chi connectivity index (χ2v) is 6.76. The monoisotopic (exact) mass is 334 g/mol. The number of carbonyl (C=O) groups excluding carboxylic acids is 3. The van der Waals surface area contributed by atoms with Crippen LogP contribution in [0.15, 0.2) is 12.1 Å². The molecule has 23 heavy (non-hydrogen) atoms. The van der Waals surface area contributed by atoms with Crippen LogP contribution in [-0.2, 0) is 14.3 Å². The number of hydrogen-bond acceptors (Lipinski definition) is 6. The fourth-order valence-corrected chi connectivity index (χ4v) is 3.41. The maximum absolute atomic E-state index is 12.5. The van der Waals surface area contributed by atoms with Crippen LogP contribution in [-0.4, -0.2) is 49.2 Å². The minimum atomic E-state index is -1.34. The maximum Gasteiger partial charge on any atom is 0.223 e. The maximum atomic E-state index is 12.5. The molecule has 122 valence electrons. The lowest BCUT2D eigenvalue weighted by molar-refractivity contribution is -0.129. The summed E-state index contributed by atoms with van der Waals surface area (Å²) in [7, 11) is 1.54. The van der Waals surface area contributed by atoms with Gasteiger partial charge in [-0.05, 0) is 19.1 Å². The Morgan fingerprint density at radius 3 is 2.83 bits per heavy atom. The Morgan fingerprint density at radius 1 is 1.52 bits per heavy atom. The smallest absolute Gasteiger partial charge is 0.223 e. The minimum Gasteiger partial charge on any atom is -0.383 e. The predicted molar refractivity (Wildman–Crippen MR) is 84.1 cm³/mol. The third-order valence-electron chi connectivity index (χ3n) is 3.84. The fraction of sp³-hybridized carbons (Fsp3) is 0.500. The van der Waals surface area contributed by atoms with E-state index in [4.69, 9.17) is 4.74 Å². The van der Waals surface area contributed by atoms with Gasteiger partial charge in [0.25, 0.3) is 0 Å². The summed E-state index contributed by atoms with van der Waals surface area (Å²) in [5.74, 6) is -3.02. The topological polar surface area (TPSA) is 87.5 Å². The summed E-state index contributed by atoms with van der Waals surface area (Å²) in [6, 6.07) is 5.22. The number of ketones is 2. The van der Waals surface area contributed by atoms with Gasteiger partial charge in [0.1, 0.15) is 0 Å². The first-order valence-corrected chi connectivity index (χ1v) is 8.10. The number of likely N-dealkylation sites (tertiary alicyclic amines) is 1. The summed E-state index contributed by atoms with van der Waals surface area (Å²) in [5.41, 5.74) is 0. The summed E-state index contributed by atoms with van der Waals surface area (Å²) in [5, 5.41) is 9.26. The lowest BCUT2D eigenvalue weighted by Gasteiger charge is -2.16. The molecule has 2 rings (SSSR count). The molecular formula is C16H18N2O4S. The van der Waals surface area contributed by atoms with Crippen LogP contribution < -0.4 is 0 Å². The number of rotatable bonds is 7. The molecule has 7 heteroatoms. The van der Waals surface area contributed by atoms with Gasteiger partial charge in [-0.2, -0.15) is 5.26 Å². The van der Waals surface area contributed by atoms with E-state index in [9.17, 15) is 19.6 Å². The van der Waals surface area contributed by atoms with Crippen LogP contribution in [0.3, 0.4) is 0 Å². The van der Waals surface area contributed by atoms with E-state index < -0.39 is 23.4 Å². The first-order chi connectivity index (χ1) is 11.0. The first-order valence-electron chi connectivity index (χ1n) is 7.28. The second kappa shape index (κ2) is 7.49. The molecule has 1 aromatic heterocycles. The second-order valence-electron chi connectivity index (χ2n) is 5.47. The van der Waals surface area contributed by atoms with Gasteiger partial charge < -0.3 is 9.64 Å². The Balaban J connectivity index is 2.07. The molecule has 0 saturated carbocycles. The lowest BCUT2D eigenvalue weighted by Crippen LogP contribution is -2.32. The van der Waals surface area contributed by atoms with Crippen molar-refractivity contribution < 1.29 is 19.1 Å². The highest BCUT2D eigenvalue weighted by Gasteiger charge is 2.40. The van der Waals surface area contributed by atoms with Gasteiger partial charge in [0.05, 0.1) is 17.6 Å². The molecule has 1 aromatic rings. The molecule has 2 heterocycles. The number of ether oxygens (including phenoxy) is 1. The number of nitrogens with zero attached hydrogens (tertiary/aromatic N) is 2. The zero-order valence-corrected chi connectivity index (χ0v) is 13.9. The molecule has 0 unspecified atom stereocenters. The predicted octanol–water partition coefficient (Wildman–Crippen LogP) is 1.44. The Morgan fingerprint density at radius 2 is 2.26 bits per heavy atom. The van der Waals surface area contributed by atoms with E-state index in [0.29, 0.717) is 18.0 Å². The summed E-state index contributed by atoms with van der Waals surface area (Å²) in [6.07, 6.45) is 0.0531. The van der Waals surface area contributed by atoms with Crippen molar-refractivity contribution in [3.63, 3.8) is 0 Å². The van der Waals surface area contributed by atoms with Crippen molar-refractivity contribution in [2.75, 3.05) is 26.8 Å². The average molecular weight is 334 g/mol. The lowest BCUT2D eigenvalue weighted by atomic mass is 9.89. The molecule has 0 aromatic carbocycles. The van der Waals surface area contributed by atoms with Crippen molar-refractivity contribution in [2.45, 2.75) is 13.3 Å². The van der Waals surface area contributed by atoms with E-state index in [1.807, 2.05) is 13.0 Å². The molecule has 2 atom stereocenters. The number of hydrogen-bond donors (Lipinski definition) is 0. The van der Waals surface area contributed by atoms with Gasteiger partial charge in [0.15, 0.2) is 17.5 Å². The quantitative estimate of drug-likeness (QED) is 0.556. The van der Waals surface area contributed by atoms with E-state index in [-0.39, 0.29) is 18.9 Å². The third-order valence-corrected chi connectivity index (χ3v) is 4.86. The van der Waals surface area contributed by atoms with Gasteiger partial charge in [-0.3, -0.25) is 14.4 Å². The number of thiophene rings is 1. The molecule has 1 saturated heterocycles. The molecule has 1 aliphatic heterocycles. The molecule has 1 amide bonds. The van der Waals surface area contributed by atoms with Crippen LogP contribution in [0.1, 0.15) is 21.0 Å². The normalized spacial score (nSPS) is 18.7. The summed E-state index contributed by atoms with van der Waals surface area (Å²) >= 11 is 1.26. The Bertz CT molecular complexity index is 661. The molecule has 0 radical (unpaired) electrons. The van der Waals surface area contributed by atoms with Crippen molar-refractivity contribution >= 4 is 28.8 Å². The van der Waals surface area contributed by atoms with Crippen LogP contribution in [0.5, 0.6) is 0 Å². The molecular weight excluding hydrogens is 316 g/mol. The number of methoxy groups -OCH3 is 1. The van der Waals surface area contributed by atoms with Crippen LogP contribution in [0.2, 0.25) is 0 Å². The molecule has 0 N–H and O–H groups in total. The van der Waals surface area contributed by atoms with Crippen LogP contribution in [0, 0.1) is 30.1 Å². The van der Waals surface area contributed by atoms with Crippen LogP contribution >= 0.6 is 11.3 Å². The number of nitriles is 1. The Hall–Kier alpha value is -2.04. The Labute approximate surface area is 138 Å². The standard InChI is InChI=1S/C16H18N2O4S/c1-10-3-4-13(23-10)16(21)12(8-17)15(20)11-7-14(19)18(9-11)5-6-22-2/h3-4,11-12H,5-7,9H2,1-2H3/t11-,12+/m0/s1. The van der Waals surface area contributed by atoms with Gasteiger partial charge in [0.2, 0.25) is 5.91 Å². The number of carbonyl (C=O) groups is 3. The van der Waals surface area contributed by atoms with Gasteiger partial charge >= 0.3 is 0 Å². The number of Topliss-reactive ketones (excluding diaryl/α,β-unsaturated/α-hetero) is 2. The molecule has 1 fully saturated rings. The third kappa shape index (κ3) is 3.84. The van der Waals surface area contributed by atoms with Gasteiger partial charge in [0, 0.05) is 37.4 Å².